The molecule has 0 aliphatic heterocycles. The summed E-state index contributed by atoms with van der Waals surface area (Å²) < 4.78 is 6.23. The number of aromatic nitrogens is 1. The Morgan fingerprint density at radius 3 is 2.58 bits per heavy atom. The van der Waals surface area contributed by atoms with E-state index >= 15 is 0 Å². The topological polar surface area (TPSA) is 34.2 Å². The Balaban J connectivity index is 2.39. The van der Waals surface area contributed by atoms with Gasteiger partial charge in [-0.25, -0.2) is 0 Å². The fraction of sp³-hybridized carbons (Fsp3) is 0.267. The molecule has 2 rings (SSSR count). The molecule has 0 radical (unpaired) electrons. The smallest absolute Gasteiger partial charge is 0.119 e. The molecule has 1 unspecified atom stereocenters. The third-order valence-electron chi connectivity index (χ3n) is 3.12. The summed E-state index contributed by atoms with van der Waals surface area (Å²) >= 11 is 3.41. The van der Waals surface area contributed by atoms with Crippen LogP contribution >= 0.6 is 15.9 Å². The average Bonchev–Trinajstić information content (AvgIpc) is 2.43. The SMILES string of the molecule is CNC(c1ccc(Br)cn1)c1ccc(OC)cc1C. The summed E-state index contributed by atoms with van der Waals surface area (Å²) in [6.45, 7) is 2.08. The van der Waals surface area contributed by atoms with Gasteiger partial charge in [0, 0.05) is 10.7 Å². The third-order valence-corrected chi connectivity index (χ3v) is 3.59. The number of methoxy groups -OCH3 is 1. The van der Waals surface area contributed by atoms with Gasteiger partial charge in [-0.1, -0.05) is 6.07 Å². The predicted octanol–water partition coefficient (Wildman–Crippen LogP) is 3.47. The van der Waals surface area contributed by atoms with Crippen LogP contribution in [0.3, 0.4) is 0 Å². The van der Waals surface area contributed by atoms with Gasteiger partial charge >= 0.3 is 0 Å². The van der Waals surface area contributed by atoms with Crippen molar-refractivity contribution in [1.29, 1.82) is 0 Å². The Kier molecular flexibility index (Phi) is 4.56. The number of benzene rings is 1. The minimum atomic E-state index is 0.0824. The van der Waals surface area contributed by atoms with Gasteiger partial charge in [0.15, 0.2) is 0 Å². The van der Waals surface area contributed by atoms with Crippen LogP contribution in [0, 0.1) is 6.92 Å². The number of rotatable bonds is 4. The number of hydrogen-bond donors (Lipinski definition) is 1. The maximum atomic E-state index is 5.24. The van der Waals surface area contributed by atoms with Gasteiger partial charge in [0.1, 0.15) is 5.75 Å². The molecule has 1 heterocycles. The zero-order chi connectivity index (χ0) is 13.8. The largest absolute Gasteiger partial charge is 0.497 e. The van der Waals surface area contributed by atoms with E-state index in [0.29, 0.717) is 0 Å². The summed E-state index contributed by atoms with van der Waals surface area (Å²) in [5.74, 6) is 0.875. The summed E-state index contributed by atoms with van der Waals surface area (Å²) in [5.41, 5.74) is 3.39. The molecule has 0 saturated heterocycles. The molecule has 1 aromatic carbocycles. The number of halogens is 1. The standard InChI is InChI=1S/C15H17BrN2O/c1-10-8-12(19-3)5-6-13(10)15(17-2)14-7-4-11(16)9-18-14/h4-9,15,17H,1-3H3. The van der Waals surface area contributed by atoms with Gasteiger partial charge in [-0.2, -0.15) is 0 Å². The van der Waals surface area contributed by atoms with Crippen LogP contribution in [0.15, 0.2) is 41.0 Å². The molecular weight excluding hydrogens is 304 g/mol. The molecule has 0 spiro atoms. The number of nitrogens with one attached hydrogen (secondary N) is 1. The highest BCUT2D eigenvalue weighted by Gasteiger charge is 2.15. The maximum absolute atomic E-state index is 5.24. The maximum Gasteiger partial charge on any atom is 0.119 e. The van der Waals surface area contributed by atoms with Crippen molar-refractivity contribution in [2.75, 3.05) is 14.2 Å². The zero-order valence-corrected chi connectivity index (χ0v) is 12.9. The lowest BCUT2D eigenvalue weighted by molar-refractivity contribution is 0.414. The molecule has 2 aromatic rings. The molecule has 0 bridgehead atoms. The van der Waals surface area contributed by atoms with Gasteiger partial charge in [-0.3, -0.25) is 4.98 Å². The summed E-state index contributed by atoms with van der Waals surface area (Å²) in [7, 11) is 3.62. The summed E-state index contributed by atoms with van der Waals surface area (Å²) in [6.07, 6.45) is 1.82. The fourth-order valence-corrected chi connectivity index (χ4v) is 2.35. The lowest BCUT2D eigenvalue weighted by Crippen LogP contribution is -2.19. The van der Waals surface area contributed by atoms with Gasteiger partial charge in [0.05, 0.1) is 18.8 Å². The Hall–Kier alpha value is -1.39. The van der Waals surface area contributed by atoms with E-state index < -0.39 is 0 Å². The first-order valence-electron chi connectivity index (χ1n) is 6.09. The van der Waals surface area contributed by atoms with Crippen molar-refractivity contribution in [1.82, 2.24) is 10.3 Å². The number of pyridine rings is 1. The highest BCUT2D eigenvalue weighted by Crippen LogP contribution is 2.26. The van der Waals surface area contributed by atoms with Crippen LogP contribution in [-0.4, -0.2) is 19.1 Å². The summed E-state index contributed by atoms with van der Waals surface area (Å²) in [4.78, 5) is 4.47. The van der Waals surface area contributed by atoms with Crippen LogP contribution in [0.1, 0.15) is 22.9 Å². The molecule has 0 aliphatic rings. The van der Waals surface area contributed by atoms with Crippen LogP contribution in [0.5, 0.6) is 5.75 Å². The van der Waals surface area contributed by atoms with E-state index in [1.54, 1.807) is 7.11 Å². The molecule has 1 aromatic heterocycles. The van der Waals surface area contributed by atoms with Crippen LogP contribution in [0.4, 0.5) is 0 Å². The fourth-order valence-electron chi connectivity index (χ4n) is 2.12. The molecule has 0 saturated carbocycles. The Morgan fingerprint density at radius 2 is 2.05 bits per heavy atom. The Morgan fingerprint density at radius 1 is 1.26 bits per heavy atom. The molecule has 19 heavy (non-hydrogen) atoms. The van der Waals surface area contributed by atoms with Gasteiger partial charge < -0.3 is 10.1 Å². The molecule has 0 amide bonds. The van der Waals surface area contributed by atoms with E-state index in [1.165, 1.54) is 11.1 Å². The van der Waals surface area contributed by atoms with Crippen molar-refractivity contribution in [3.63, 3.8) is 0 Å². The van der Waals surface area contributed by atoms with E-state index in [-0.39, 0.29) is 6.04 Å². The highest BCUT2D eigenvalue weighted by atomic mass is 79.9. The van der Waals surface area contributed by atoms with Crippen molar-refractivity contribution in [3.8, 4) is 5.75 Å². The van der Waals surface area contributed by atoms with Crippen molar-refractivity contribution in [3.05, 3.63) is 57.8 Å². The van der Waals surface area contributed by atoms with E-state index in [2.05, 4.69) is 39.2 Å². The monoisotopic (exact) mass is 320 g/mol. The molecule has 0 fully saturated rings. The van der Waals surface area contributed by atoms with E-state index in [4.69, 9.17) is 4.74 Å². The predicted molar refractivity (Wildman–Crippen MR) is 80.6 cm³/mol. The lowest BCUT2D eigenvalue weighted by atomic mass is 9.98. The van der Waals surface area contributed by atoms with E-state index in [0.717, 1.165) is 15.9 Å². The first-order chi connectivity index (χ1) is 9.15. The number of nitrogens with zero attached hydrogens (tertiary/aromatic N) is 1. The average molecular weight is 321 g/mol. The van der Waals surface area contributed by atoms with Gasteiger partial charge in [-0.15, -0.1) is 0 Å². The van der Waals surface area contributed by atoms with Gasteiger partial charge in [0.2, 0.25) is 0 Å². The van der Waals surface area contributed by atoms with E-state index in [9.17, 15) is 0 Å². The van der Waals surface area contributed by atoms with Crippen LogP contribution in [0.2, 0.25) is 0 Å². The molecule has 100 valence electrons. The van der Waals surface area contributed by atoms with Gasteiger partial charge in [-0.05, 0) is 65.3 Å². The number of hydrogen-bond acceptors (Lipinski definition) is 3. The molecule has 1 atom stereocenters. The lowest BCUT2D eigenvalue weighted by Gasteiger charge is -2.19. The third kappa shape index (κ3) is 3.14. The van der Waals surface area contributed by atoms with E-state index in [1.807, 2.05) is 37.5 Å². The molecule has 3 nitrogen and oxygen atoms in total. The first kappa shape index (κ1) is 14.0. The second kappa shape index (κ2) is 6.17. The van der Waals surface area contributed by atoms with Crippen molar-refractivity contribution in [2.24, 2.45) is 0 Å². The zero-order valence-electron chi connectivity index (χ0n) is 11.3. The molecule has 0 aliphatic carbocycles. The molecule has 1 N–H and O–H groups in total. The minimum Gasteiger partial charge on any atom is -0.497 e. The summed E-state index contributed by atoms with van der Waals surface area (Å²) in [5, 5.41) is 3.31. The minimum absolute atomic E-state index is 0.0824. The summed E-state index contributed by atoms with van der Waals surface area (Å²) in [6, 6.07) is 10.2. The van der Waals surface area contributed by atoms with Crippen LogP contribution in [0.25, 0.3) is 0 Å². The number of ether oxygens (including phenoxy) is 1. The van der Waals surface area contributed by atoms with Crippen molar-refractivity contribution >= 4 is 15.9 Å². The second-order valence-corrected chi connectivity index (χ2v) is 5.26. The first-order valence-corrected chi connectivity index (χ1v) is 6.88. The van der Waals surface area contributed by atoms with Crippen molar-refractivity contribution in [2.45, 2.75) is 13.0 Å². The van der Waals surface area contributed by atoms with Gasteiger partial charge in [0.25, 0.3) is 0 Å². The number of aryl methyl sites for hydroxylation is 1. The Labute approximate surface area is 122 Å². The van der Waals surface area contributed by atoms with Crippen LogP contribution in [-0.2, 0) is 0 Å². The Bertz CT molecular complexity index is 555. The highest BCUT2D eigenvalue weighted by molar-refractivity contribution is 9.10. The second-order valence-electron chi connectivity index (χ2n) is 4.35. The van der Waals surface area contributed by atoms with Crippen LogP contribution < -0.4 is 10.1 Å². The molecule has 4 heteroatoms. The normalized spacial score (nSPS) is 12.2. The van der Waals surface area contributed by atoms with Crippen molar-refractivity contribution < 1.29 is 4.74 Å². The molecular formula is C15H17BrN2O. The quantitative estimate of drug-likeness (QED) is 0.936.